The summed E-state index contributed by atoms with van der Waals surface area (Å²) in [6.45, 7) is 3.07. The number of hydrogen-bond donors (Lipinski definition) is 2. The number of rotatable bonds is 11. The van der Waals surface area contributed by atoms with Crippen molar-refractivity contribution in [2.24, 2.45) is 0 Å². The second-order valence-electron chi connectivity index (χ2n) is 10.7. The summed E-state index contributed by atoms with van der Waals surface area (Å²) in [6, 6.07) is 18.2. The zero-order chi connectivity index (χ0) is 27.7. The summed E-state index contributed by atoms with van der Waals surface area (Å²) in [5.74, 6) is 0.691. The lowest BCUT2D eigenvalue weighted by atomic mass is 10.0. The van der Waals surface area contributed by atoms with E-state index in [4.69, 9.17) is 4.98 Å². The first-order valence-corrected chi connectivity index (χ1v) is 14.4. The Labute approximate surface area is 235 Å². The molecular formula is C32H38N6O2. The van der Waals surface area contributed by atoms with Gasteiger partial charge in [0.05, 0.1) is 18.3 Å². The fourth-order valence-electron chi connectivity index (χ4n) is 5.42. The van der Waals surface area contributed by atoms with Crippen LogP contribution in [0.4, 0.5) is 5.95 Å². The molecule has 1 fully saturated rings. The van der Waals surface area contributed by atoms with E-state index in [-0.39, 0.29) is 12.3 Å². The van der Waals surface area contributed by atoms with E-state index in [0.717, 1.165) is 73.1 Å². The lowest BCUT2D eigenvalue weighted by Gasteiger charge is -2.33. The predicted octanol–water partition coefficient (Wildman–Crippen LogP) is 5.95. The Bertz CT molecular complexity index is 1400. The molecule has 1 saturated heterocycles. The summed E-state index contributed by atoms with van der Waals surface area (Å²) in [5, 5.41) is 9.88. The molecule has 0 saturated carbocycles. The Balaban J connectivity index is 1.18. The van der Waals surface area contributed by atoms with Crippen LogP contribution in [0.1, 0.15) is 63.1 Å². The third-order valence-corrected chi connectivity index (χ3v) is 7.61. The molecule has 2 aromatic carbocycles. The Hall–Kier alpha value is -4.20. The minimum absolute atomic E-state index is 0.121. The SMILES string of the molecule is C[C@H]1CCCCN1C(=O)CCCCCc1cn(-c2ccccc2)c(NC(=O)Cc2cccc(-c3cn[nH]c3)c2)n1. The number of unbranched alkanes of at least 4 members (excludes halogenated alkanes) is 2. The topological polar surface area (TPSA) is 95.9 Å². The molecular weight excluding hydrogens is 500 g/mol. The van der Waals surface area contributed by atoms with E-state index >= 15 is 0 Å². The van der Waals surface area contributed by atoms with E-state index in [2.05, 4.69) is 27.3 Å². The summed E-state index contributed by atoms with van der Waals surface area (Å²) >= 11 is 0. The van der Waals surface area contributed by atoms with Crippen LogP contribution in [0.15, 0.2) is 73.2 Å². The van der Waals surface area contributed by atoms with E-state index in [0.29, 0.717) is 24.3 Å². The van der Waals surface area contributed by atoms with Crippen molar-refractivity contribution in [2.45, 2.75) is 70.8 Å². The zero-order valence-corrected chi connectivity index (χ0v) is 23.2. The van der Waals surface area contributed by atoms with E-state index in [1.54, 1.807) is 6.20 Å². The number of aryl methyl sites for hydroxylation is 1. The highest BCUT2D eigenvalue weighted by Crippen LogP contribution is 2.22. The van der Waals surface area contributed by atoms with Gasteiger partial charge in [-0.05, 0) is 68.7 Å². The molecule has 0 radical (unpaired) electrons. The van der Waals surface area contributed by atoms with Crippen molar-refractivity contribution in [2.75, 3.05) is 11.9 Å². The molecule has 208 valence electrons. The van der Waals surface area contributed by atoms with Gasteiger partial charge in [0.1, 0.15) is 0 Å². The lowest BCUT2D eigenvalue weighted by molar-refractivity contribution is -0.134. The van der Waals surface area contributed by atoms with E-state index in [1.165, 1.54) is 6.42 Å². The van der Waals surface area contributed by atoms with Gasteiger partial charge >= 0.3 is 0 Å². The number of amides is 2. The standard InChI is InChI=1S/C32H38N6O2/c1-24-11-8-9-18-37(24)31(40)17-7-2-4-14-28-23-38(29-15-5-3-6-16-29)32(35-28)36-30(39)20-25-12-10-13-26(19-25)27-21-33-34-22-27/h3,5-6,10,12-13,15-16,19,21-24H,2,4,7-9,11,14,17-18,20H2,1H3,(H,33,34)(H,35,36,39)/t24-/m0/s1. The molecule has 0 aliphatic carbocycles. The number of aromatic nitrogens is 4. The Kier molecular flexibility index (Phi) is 9.06. The fraction of sp³-hybridized carbons (Fsp3) is 0.375. The number of para-hydroxylation sites is 1. The fourth-order valence-corrected chi connectivity index (χ4v) is 5.42. The summed E-state index contributed by atoms with van der Waals surface area (Å²) < 4.78 is 1.94. The summed E-state index contributed by atoms with van der Waals surface area (Å²) in [5.41, 5.74) is 4.79. The van der Waals surface area contributed by atoms with Gasteiger partial charge in [0.15, 0.2) is 0 Å². The normalized spacial score (nSPS) is 15.2. The van der Waals surface area contributed by atoms with Crippen LogP contribution < -0.4 is 5.32 Å². The maximum Gasteiger partial charge on any atom is 0.231 e. The quantitative estimate of drug-likeness (QED) is 0.231. The summed E-state index contributed by atoms with van der Waals surface area (Å²) in [6.07, 6.45) is 13.5. The molecule has 2 N–H and O–H groups in total. The number of benzene rings is 2. The van der Waals surface area contributed by atoms with Gasteiger partial charge in [0, 0.05) is 42.7 Å². The Morgan fingerprint density at radius 3 is 2.70 bits per heavy atom. The number of carbonyl (C=O) groups is 2. The highest BCUT2D eigenvalue weighted by molar-refractivity contribution is 5.91. The van der Waals surface area contributed by atoms with E-state index in [1.807, 2.05) is 71.6 Å². The van der Waals surface area contributed by atoms with Gasteiger partial charge in [0.25, 0.3) is 0 Å². The lowest BCUT2D eigenvalue weighted by Crippen LogP contribution is -2.41. The van der Waals surface area contributed by atoms with Crippen LogP contribution in [0.3, 0.4) is 0 Å². The highest BCUT2D eigenvalue weighted by atomic mass is 16.2. The molecule has 2 amide bonds. The van der Waals surface area contributed by atoms with Crippen molar-refractivity contribution in [3.8, 4) is 16.8 Å². The second-order valence-corrected chi connectivity index (χ2v) is 10.7. The van der Waals surface area contributed by atoms with Crippen LogP contribution in [0, 0.1) is 0 Å². The number of hydrogen-bond acceptors (Lipinski definition) is 4. The minimum atomic E-state index is -0.121. The van der Waals surface area contributed by atoms with Crippen LogP contribution in [-0.4, -0.2) is 49.0 Å². The number of H-pyrrole nitrogens is 1. The average Bonchev–Trinajstić information content (AvgIpc) is 3.64. The van der Waals surface area contributed by atoms with Crippen molar-refractivity contribution in [3.05, 3.63) is 84.4 Å². The van der Waals surface area contributed by atoms with Gasteiger partial charge < -0.3 is 4.90 Å². The van der Waals surface area contributed by atoms with E-state index < -0.39 is 0 Å². The van der Waals surface area contributed by atoms with Crippen molar-refractivity contribution in [1.82, 2.24) is 24.6 Å². The van der Waals surface area contributed by atoms with Crippen LogP contribution in [0.25, 0.3) is 16.8 Å². The maximum atomic E-state index is 13.1. The Morgan fingerprint density at radius 1 is 1.02 bits per heavy atom. The Morgan fingerprint density at radius 2 is 1.90 bits per heavy atom. The first kappa shape index (κ1) is 27.4. The number of nitrogens with zero attached hydrogens (tertiary/aromatic N) is 4. The number of likely N-dealkylation sites (tertiary alicyclic amines) is 1. The van der Waals surface area contributed by atoms with Crippen LogP contribution >= 0.6 is 0 Å². The molecule has 5 rings (SSSR count). The van der Waals surface area contributed by atoms with Crippen LogP contribution in [0.2, 0.25) is 0 Å². The maximum absolute atomic E-state index is 13.1. The zero-order valence-electron chi connectivity index (χ0n) is 23.2. The van der Waals surface area contributed by atoms with Gasteiger partial charge in [-0.1, -0.05) is 48.9 Å². The summed E-state index contributed by atoms with van der Waals surface area (Å²) in [4.78, 5) is 32.5. The van der Waals surface area contributed by atoms with Crippen LogP contribution in [0.5, 0.6) is 0 Å². The van der Waals surface area contributed by atoms with Gasteiger partial charge in [-0.25, -0.2) is 4.98 Å². The molecule has 3 heterocycles. The molecule has 1 aliphatic heterocycles. The molecule has 40 heavy (non-hydrogen) atoms. The first-order valence-electron chi connectivity index (χ1n) is 14.4. The molecule has 4 aromatic rings. The molecule has 0 unspecified atom stereocenters. The number of aromatic amines is 1. The third-order valence-electron chi connectivity index (χ3n) is 7.61. The van der Waals surface area contributed by atoms with Crippen molar-refractivity contribution < 1.29 is 9.59 Å². The van der Waals surface area contributed by atoms with E-state index in [9.17, 15) is 9.59 Å². The molecule has 1 aliphatic rings. The number of carbonyl (C=O) groups excluding carboxylic acids is 2. The number of piperidine rings is 1. The predicted molar refractivity (Wildman–Crippen MR) is 157 cm³/mol. The van der Waals surface area contributed by atoms with Gasteiger partial charge in [-0.15, -0.1) is 0 Å². The first-order chi connectivity index (χ1) is 19.6. The van der Waals surface area contributed by atoms with Crippen LogP contribution in [-0.2, 0) is 22.4 Å². The molecule has 2 aromatic heterocycles. The number of imidazole rings is 1. The third kappa shape index (κ3) is 7.05. The monoisotopic (exact) mass is 538 g/mol. The van der Waals surface area contributed by atoms with Gasteiger partial charge in [0.2, 0.25) is 17.8 Å². The molecule has 8 heteroatoms. The molecule has 0 bridgehead atoms. The molecule has 8 nitrogen and oxygen atoms in total. The van der Waals surface area contributed by atoms with Gasteiger partial charge in [-0.3, -0.25) is 24.6 Å². The summed E-state index contributed by atoms with van der Waals surface area (Å²) in [7, 11) is 0. The second kappa shape index (κ2) is 13.2. The highest BCUT2D eigenvalue weighted by Gasteiger charge is 2.22. The minimum Gasteiger partial charge on any atom is -0.340 e. The van der Waals surface area contributed by atoms with Crippen molar-refractivity contribution >= 4 is 17.8 Å². The molecule has 1 atom stereocenters. The average molecular weight is 539 g/mol. The number of nitrogens with one attached hydrogen (secondary N) is 2. The number of anilines is 1. The smallest absolute Gasteiger partial charge is 0.231 e. The molecule has 0 spiro atoms. The largest absolute Gasteiger partial charge is 0.340 e. The van der Waals surface area contributed by atoms with Gasteiger partial charge in [-0.2, -0.15) is 5.10 Å². The van der Waals surface area contributed by atoms with Crippen molar-refractivity contribution in [3.63, 3.8) is 0 Å². The van der Waals surface area contributed by atoms with Crippen molar-refractivity contribution in [1.29, 1.82) is 0 Å².